The average molecular weight is 300 g/mol. The Labute approximate surface area is 127 Å². The van der Waals surface area contributed by atoms with Gasteiger partial charge in [-0.2, -0.15) is 0 Å². The molecular weight excluding hydrogens is 284 g/mol. The van der Waals surface area contributed by atoms with Crippen molar-refractivity contribution in [2.75, 3.05) is 5.75 Å². The maximum Gasteiger partial charge on any atom is 0.248 e. The Morgan fingerprint density at radius 3 is 2.52 bits per heavy atom. The van der Waals surface area contributed by atoms with Crippen molar-refractivity contribution in [2.24, 2.45) is 0 Å². The van der Waals surface area contributed by atoms with Gasteiger partial charge in [-0.1, -0.05) is 48.2 Å². The summed E-state index contributed by atoms with van der Waals surface area (Å²) in [5.74, 6) is 0.0683. The summed E-state index contributed by atoms with van der Waals surface area (Å²) in [5.41, 5.74) is 8.16. The first-order valence-corrected chi connectivity index (χ1v) is 7.34. The van der Waals surface area contributed by atoms with Crippen LogP contribution in [0.15, 0.2) is 54.5 Å². The number of aryl methyl sites for hydroxylation is 1. The summed E-state index contributed by atoms with van der Waals surface area (Å²) in [6.07, 6.45) is 3.29. The molecule has 1 aromatic heterocycles. The molecule has 0 aliphatic rings. The summed E-state index contributed by atoms with van der Waals surface area (Å²) in [4.78, 5) is 19.8. The molecule has 1 aromatic carbocycles. The van der Waals surface area contributed by atoms with Gasteiger partial charge < -0.3 is 0 Å². The van der Waals surface area contributed by atoms with Crippen LogP contribution >= 0.6 is 11.8 Å². The number of thioether (sulfide) groups is 1. The van der Waals surface area contributed by atoms with Crippen LogP contribution in [0.1, 0.15) is 11.1 Å². The van der Waals surface area contributed by atoms with E-state index in [2.05, 4.69) is 27.4 Å². The smallest absolute Gasteiger partial charge is 0.248 e. The highest BCUT2D eigenvalue weighted by Crippen LogP contribution is 2.11. The van der Waals surface area contributed by atoms with E-state index in [0.717, 1.165) is 5.56 Å². The Kier molecular flexibility index (Phi) is 5.34. The fraction of sp³-hybridized carbons (Fsp3) is 0.133. The fourth-order valence-electron chi connectivity index (χ4n) is 1.50. The lowest BCUT2D eigenvalue weighted by Crippen LogP contribution is -2.37. The van der Waals surface area contributed by atoms with E-state index in [1.165, 1.54) is 17.3 Å². The summed E-state index contributed by atoms with van der Waals surface area (Å²) >= 11 is 1.27. The third-order valence-corrected chi connectivity index (χ3v) is 3.50. The van der Waals surface area contributed by atoms with Gasteiger partial charge in [-0.3, -0.25) is 15.6 Å². The van der Waals surface area contributed by atoms with Crippen LogP contribution in [-0.4, -0.2) is 21.6 Å². The number of carbonyl (C=O) groups is 1. The molecule has 0 atom stereocenters. The first kappa shape index (κ1) is 15.1. The van der Waals surface area contributed by atoms with E-state index in [-0.39, 0.29) is 11.7 Å². The van der Waals surface area contributed by atoms with E-state index in [1.54, 1.807) is 18.5 Å². The summed E-state index contributed by atoms with van der Waals surface area (Å²) < 4.78 is 0. The minimum Gasteiger partial charge on any atom is -0.299 e. The second-order valence-corrected chi connectivity index (χ2v) is 5.28. The van der Waals surface area contributed by atoms with Gasteiger partial charge in [0, 0.05) is 12.4 Å². The summed E-state index contributed by atoms with van der Waals surface area (Å²) in [6, 6.07) is 9.61. The molecule has 1 amide bonds. The minimum atomic E-state index is -0.166. The fourth-order valence-corrected chi connectivity index (χ4v) is 2.10. The number of nitrogens with zero attached hydrogens (tertiary/aromatic N) is 2. The van der Waals surface area contributed by atoms with Crippen molar-refractivity contribution < 1.29 is 4.79 Å². The van der Waals surface area contributed by atoms with E-state index < -0.39 is 0 Å². The molecule has 0 unspecified atom stereocenters. The number of rotatable bonds is 6. The number of aromatic nitrogens is 2. The van der Waals surface area contributed by atoms with Crippen LogP contribution < -0.4 is 10.9 Å². The van der Waals surface area contributed by atoms with Gasteiger partial charge in [-0.25, -0.2) is 9.97 Å². The Morgan fingerprint density at radius 1 is 1.19 bits per heavy atom. The molecule has 2 N–H and O–H groups in total. The van der Waals surface area contributed by atoms with Crippen LogP contribution in [0.5, 0.6) is 0 Å². The zero-order valence-electron chi connectivity index (χ0n) is 11.7. The zero-order chi connectivity index (χ0) is 15.1. The van der Waals surface area contributed by atoms with Crippen molar-refractivity contribution in [1.29, 1.82) is 0 Å². The third-order valence-electron chi connectivity index (χ3n) is 2.63. The largest absolute Gasteiger partial charge is 0.299 e. The predicted molar refractivity (Wildman–Crippen MR) is 84.2 cm³/mol. The normalized spacial score (nSPS) is 9.95. The number of hydrogen-bond donors (Lipinski definition) is 2. The molecule has 6 heteroatoms. The Hall–Kier alpha value is -2.34. The van der Waals surface area contributed by atoms with Gasteiger partial charge in [0.1, 0.15) is 0 Å². The van der Waals surface area contributed by atoms with Crippen molar-refractivity contribution in [3.05, 3.63) is 60.4 Å². The molecule has 108 valence electrons. The van der Waals surface area contributed by atoms with E-state index in [9.17, 15) is 4.79 Å². The SMILES string of the molecule is C=C(NNC(=O)CSc1ncccn1)c1ccc(C)cc1. The van der Waals surface area contributed by atoms with Crippen molar-refractivity contribution >= 4 is 23.4 Å². The van der Waals surface area contributed by atoms with Crippen LogP contribution in [-0.2, 0) is 4.79 Å². The lowest BCUT2D eigenvalue weighted by atomic mass is 10.1. The van der Waals surface area contributed by atoms with Crippen molar-refractivity contribution in [3.63, 3.8) is 0 Å². The highest BCUT2D eigenvalue weighted by molar-refractivity contribution is 7.99. The molecule has 0 radical (unpaired) electrons. The quantitative estimate of drug-likeness (QED) is 0.486. The van der Waals surface area contributed by atoms with Crippen LogP contribution in [0.3, 0.4) is 0 Å². The molecular formula is C15H16N4OS. The number of nitrogens with one attached hydrogen (secondary N) is 2. The van der Waals surface area contributed by atoms with Crippen molar-refractivity contribution in [2.45, 2.75) is 12.1 Å². The van der Waals surface area contributed by atoms with Gasteiger partial charge in [0.25, 0.3) is 0 Å². The van der Waals surface area contributed by atoms with Gasteiger partial charge in [0.05, 0.1) is 11.4 Å². The molecule has 1 heterocycles. The maximum atomic E-state index is 11.7. The summed E-state index contributed by atoms with van der Waals surface area (Å²) in [7, 11) is 0. The molecule has 5 nitrogen and oxygen atoms in total. The highest BCUT2D eigenvalue weighted by Gasteiger charge is 2.05. The second kappa shape index (κ2) is 7.44. The van der Waals surface area contributed by atoms with E-state index in [4.69, 9.17) is 0 Å². The van der Waals surface area contributed by atoms with E-state index in [1.807, 2.05) is 31.2 Å². The molecule has 0 aliphatic heterocycles. The van der Waals surface area contributed by atoms with Gasteiger partial charge in [-0.15, -0.1) is 0 Å². The molecule has 0 saturated heterocycles. The molecule has 21 heavy (non-hydrogen) atoms. The van der Waals surface area contributed by atoms with Crippen molar-refractivity contribution in [1.82, 2.24) is 20.8 Å². The Balaban J connectivity index is 1.76. The van der Waals surface area contributed by atoms with Crippen LogP contribution in [0.2, 0.25) is 0 Å². The molecule has 2 rings (SSSR count). The third kappa shape index (κ3) is 4.92. The topological polar surface area (TPSA) is 66.9 Å². The standard InChI is InChI=1S/C15H16N4OS/c1-11-4-6-13(7-5-11)12(2)18-19-14(20)10-21-15-16-8-3-9-17-15/h3-9,18H,2,10H2,1H3,(H,19,20). The first-order valence-electron chi connectivity index (χ1n) is 6.36. The van der Waals surface area contributed by atoms with Crippen LogP contribution in [0.4, 0.5) is 0 Å². The Morgan fingerprint density at radius 2 is 1.86 bits per heavy atom. The van der Waals surface area contributed by atoms with E-state index in [0.29, 0.717) is 10.9 Å². The monoisotopic (exact) mass is 300 g/mol. The first-order chi connectivity index (χ1) is 10.1. The average Bonchev–Trinajstić information content (AvgIpc) is 2.52. The van der Waals surface area contributed by atoms with Gasteiger partial charge in [0.15, 0.2) is 5.16 Å². The molecule has 0 bridgehead atoms. The lowest BCUT2D eigenvalue weighted by molar-refractivity contribution is -0.119. The lowest BCUT2D eigenvalue weighted by Gasteiger charge is -2.11. The van der Waals surface area contributed by atoms with Crippen LogP contribution in [0, 0.1) is 6.92 Å². The number of carbonyl (C=O) groups excluding carboxylic acids is 1. The van der Waals surface area contributed by atoms with Gasteiger partial charge >= 0.3 is 0 Å². The molecule has 0 spiro atoms. The summed E-state index contributed by atoms with van der Waals surface area (Å²) in [6.45, 7) is 5.91. The van der Waals surface area contributed by atoms with Crippen molar-refractivity contribution in [3.8, 4) is 0 Å². The number of hydrazine groups is 1. The zero-order valence-corrected chi connectivity index (χ0v) is 12.5. The second-order valence-electron chi connectivity index (χ2n) is 4.34. The van der Waals surface area contributed by atoms with Gasteiger partial charge in [0.2, 0.25) is 5.91 Å². The molecule has 2 aromatic rings. The molecule has 0 fully saturated rings. The van der Waals surface area contributed by atoms with Crippen LogP contribution in [0.25, 0.3) is 5.70 Å². The number of amides is 1. The minimum absolute atomic E-state index is 0.166. The molecule has 0 saturated carbocycles. The number of hydrogen-bond acceptors (Lipinski definition) is 5. The summed E-state index contributed by atoms with van der Waals surface area (Å²) in [5, 5.41) is 0.574. The number of benzene rings is 1. The Bertz CT molecular complexity index is 613. The maximum absolute atomic E-state index is 11.7. The highest BCUT2D eigenvalue weighted by atomic mass is 32.2. The predicted octanol–water partition coefficient (Wildman–Crippen LogP) is 2.17. The van der Waals surface area contributed by atoms with Gasteiger partial charge in [-0.05, 0) is 18.6 Å². The molecule has 0 aliphatic carbocycles. The van der Waals surface area contributed by atoms with E-state index >= 15 is 0 Å².